The lowest BCUT2D eigenvalue weighted by molar-refractivity contribution is 0.144. The van der Waals surface area contributed by atoms with Crippen LogP contribution in [0.15, 0.2) is 30.3 Å². The first kappa shape index (κ1) is 11.2. The van der Waals surface area contributed by atoms with Crippen molar-refractivity contribution in [3.63, 3.8) is 0 Å². The fourth-order valence-electron chi connectivity index (χ4n) is 3.50. The van der Waals surface area contributed by atoms with Crippen molar-refractivity contribution in [2.24, 2.45) is 17.1 Å². The summed E-state index contributed by atoms with van der Waals surface area (Å²) in [6.07, 6.45) is 4.12. The van der Waals surface area contributed by atoms with Gasteiger partial charge in [0.1, 0.15) is 0 Å². The van der Waals surface area contributed by atoms with E-state index in [1.54, 1.807) is 0 Å². The van der Waals surface area contributed by atoms with E-state index >= 15 is 0 Å². The molecule has 1 aromatic carbocycles. The molecule has 2 N–H and O–H groups in total. The SMILES string of the molecule is NCC1CC12CCCN(Cc1ccccc1)C2. The molecule has 1 heterocycles. The summed E-state index contributed by atoms with van der Waals surface area (Å²) in [6.45, 7) is 4.52. The van der Waals surface area contributed by atoms with Crippen LogP contribution in [0, 0.1) is 11.3 Å². The maximum absolute atomic E-state index is 5.82. The Morgan fingerprint density at radius 3 is 2.82 bits per heavy atom. The molecular weight excluding hydrogens is 208 g/mol. The highest BCUT2D eigenvalue weighted by Crippen LogP contribution is 2.57. The zero-order valence-corrected chi connectivity index (χ0v) is 10.4. The minimum atomic E-state index is 0.599. The minimum absolute atomic E-state index is 0.599. The van der Waals surface area contributed by atoms with Gasteiger partial charge in [0, 0.05) is 13.1 Å². The fraction of sp³-hybridized carbons (Fsp3) is 0.600. The maximum atomic E-state index is 5.82. The van der Waals surface area contributed by atoms with E-state index in [-0.39, 0.29) is 0 Å². The molecule has 17 heavy (non-hydrogen) atoms. The summed E-state index contributed by atoms with van der Waals surface area (Å²) in [7, 11) is 0. The van der Waals surface area contributed by atoms with Crippen molar-refractivity contribution in [3.05, 3.63) is 35.9 Å². The van der Waals surface area contributed by atoms with Gasteiger partial charge in [-0.3, -0.25) is 4.90 Å². The predicted molar refractivity (Wildman–Crippen MR) is 70.5 cm³/mol. The van der Waals surface area contributed by atoms with Gasteiger partial charge in [-0.25, -0.2) is 0 Å². The first-order valence-corrected chi connectivity index (χ1v) is 6.79. The summed E-state index contributed by atoms with van der Waals surface area (Å²) in [6, 6.07) is 10.8. The van der Waals surface area contributed by atoms with Crippen LogP contribution in [-0.4, -0.2) is 24.5 Å². The van der Waals surface area contributed by atoms with Gasteiger partial charge < -0.3 is 5.73 Å². The van der Waals surface area contributed by atoms with E-state index in [9.17, 15) is 0 Å². The molecule has 1 aliphatic heterocycles. The first-order chi connectivity index (χ1) is 8.32. The van der Waals surface area contributed by atoms with Crippen LogP contribution >= 0.6 is 0 Å². The Bertz CT molecular complexity index is 376. The van der Waals surface area contributed by atoms with Gasteiger partial charge in [-0.2, -0.15) is 0 Å². The van der Waals surface area contributed by atoms with Crippen molar-refractivity contribution in [1.29, 1.82) is 0 Å². The van der Waals surface area contributed by atoms with Gasteiger partial charge in [0.05, 0.1) is 0 Å². The molecule has 1 saturated heterocycles. The van der Waals surface area contributed by atoms with Crippen LogP contribution in [0.4, 0.5) is 0 Å². The summed E-state index contributed by atoms with van der Waals surface area (Å²) < 4.78 is 0. The zero-order valence-electron chi connectivity index (χ0n) is 10.4. The molecule has 2 fully saturated rings. The van der Waals surface area contributed by atoms with E-state index in [2.05, 4.69) is 35.2 Å². The number of hydrogen-bond donors (Lipinski definition) is 1. The highest BCUT2D eigenvalue weighted by Gasteiger charge is 2.54. The maximum Gasteiger partial charge on any atom is 0.0233 e. The largest absolute Gasteiger partial charge is 0.330 e. The summed E-state index contributed by atoms with van der Waals surface area (Å²) in [5, 5.41) is 0. The molecule has 2 atom stereocenters. The third-order valence-corrected chi connectivity index (χ3v) is 4.58. The fourth-order valence-corrected chi connectivity index (χ4v) is 3.50. The molecule has 1 saturated carbocycles. The van der Waals surface area contributed by atoms with Crippen LogP contribution in [0.3, 0.4) is 0 Å². The third kappa shape index (κ3) is 2.24. The summed E-state index contributed by atoms with van der Waals surface area (Å²) in [5.41, 5.74) is 7.86. The van der Waals surface area contributed by atoms with Gasteiger partial charge in [-0.15, -0.1) is 0 Å². The Hall–Kier alpha value is -0.860. The normalized spacial score (nSPS) is 32.9. The van der Waals surface area contributed by atoms with E-state index in [0.29, 0.717) is 5.41 Å². The van der Waals surface area contributed by atoms with Crippen LogP contribution in [0.5, 0.6) is 0 Å². The quantitative estimate of drug-likeness (QED) is 0.863. The van der Waals surface area contributed by atoms with Crippen molar-refractivity contribution in [2.75, 3.05) is 19.6 Å². The van der Waals surface area contributed by atoms with Gasteiger partial charge in [0.2, 0.25) is 0 Å². The Labute approximate surface area is 104 Å². The molecule has 2 aliphatic rings. The molecule has 2 unspecified atom stereocenters. The van der Waals surface area contributed by atoms with Crippen molar-refractivity contribution in [1.82, 2.24) is 4.90 Å². The van der Waals surface area contributed by atoms with E-state index in [0.717, 1.165) is 19.0 Å². The molecule has 2 nitrogen and oxygen atoms in total. The summed E-state index contributed by atoms with van der Waals surface area (Å²) in [4.78, 5) is 2.62. The number of benzene rings is 1. The lowest BCUT2D eigenvalue weighted by atomic mass is 9.92. The number of nitrogens with zero attached hydrogens (tertiary/aromatic N) is 1. The van der Waals surface area contributed by atoms with Gasteiger partial charge in [0.25, 0.3) is 0 Å². The molecule has 3 rings (SSSR count). The van der Waals surface area contributed by atoms with E-state index in [1.807, 2.05) is 0 Å². The summed E-state index contributed by atoms with van der Waals surface area (Å²) >= 11 is 0. The van der Waals surface area contributed by atoms with Gasteiger partial charge in [-0.1, -0.05) is 30.3 Å². The smallest absolute Gasteiger partial charge is 0.0233 e. The minimum Gasteiger partial charge on any atom is -0.330 e. The highest BCUT2D eigenvalue weighted by molar-refractivity contribution is 5.15. The van der Waals surface area contributed by atoms with Crippen LogP contribution in [0.2, 0.25) is 0 Å². The van der Waals surface area contributed by atoms with Crippen molar-refractivity contribution in [2.45, 2.75) is 25.8 Å². The second kappa shape index (κ2) is 4.43. The lowest BCUT2D eigenvalue weighted by Crippen LogP contribution is -2.37. The van der Waals surface area contributed by atoms with E-state index < -0.39 is 0 Å². The standard InChI is InChI=1S/C15H22N2/c16-10-14-9-15(14)7-4-8-17(12-15)11-13-5-2-1-3-6-13/h1-3,5-6,14H,4,7-12,16H2. The molecule has 1 aliphatic carbocycles. The van der Waals surface area contributed by atoms with Crippen LogP contribution in [0.25, 0.3) is 0 Å². The van der Waals surface area contributed by atoms with Crippen molar-refractivity contribution in [3.8, 4) is 0 Å². The highest BCUT2D eigenvalue weighted by atomic mass is 15.1. The first-order valence-electron chi connectivity index (χ1n) is 6.79. The van der Waals surface area contributed by atoms with E-state index in [1.165, 1.54) is 37.9 Å². The van der Waals surface area contributed by atoms with Crippen molar-refractivity contribution < 1.29 is 0 Å². The molecule has 0 aromatic heterocycles. The number of likely N-dealkylation sites (tertiary alicyclic amines) is 1. The number of piperidine rings is 1. The zero-order chi connectivity index (χ0) is 11.7. The molecule has 0 amide bonds. The molecule has 1 spiro atoms. The van der Waals surface area contributed by atoms with Gasteiger partial charge >= 0.3 is 0 Å². The second-order valence-electron chi connectivity index (χ2n) is 5.80. The predicted octanol–water partition coefficient (Wildman–Crippen LogP) is 2.25. The Kier molecular flexibility index (Phi) is 2.93. The van der Waals surface area contributed by atoms with Gasteiger partial charge in [-0.05, 0) is 49.2 Å². The van der Waals surface area contributed by atoms with Crippen LogP contribution in [-0.2, 0) is 6.54 Å². The second-order valence-corrected chi connectivity index (χ2v) is 5.80. The van der Waals surface area contributed by atoms with E-state index in [4.69, 9.17) is 5.73 Å². The average Bonchev–Trinajstić information content (AvgIpc) is 3.03. The number of rotatable bonds is 3. The third-order valence-electron chi connectivity index (χ3n) is 4.58. The molecule has 0 bridgehead atoms. The molecule has 1 aromatic rings. The summed E-state index contributed by atoms with van der Waals surface area (Å²) in [5.74, 6) is 0.807. The molecule has 2 heteroatoms. The van der Waals surface area contributed by atoms with Crippen LogP contribution < -0.4 is 5.73 Å². The van der Waals surface area contributed by atoms with Crippen molar-refractivity contribution >= 4 is 0 Å². The average molecular weight is 230 g/mol. The Morgan fingerprint density at radius 1 is 1.29 bits per heavy atom. The number of hydrogen-bond acceptors (Lipinski definition) is 2. The molecule has 92 valence electrons. The lowest BCUT2D eigenvalue weighted by Gasteiger charge is -2.33. The Morgan fingerprint density at radius 2 is 2.12 bits per heavy atom. The van der Waals surface area contributed by atoms with Crippen LogP contribution in [0.1, 0.15) is 24.8 Å². The monoisotopic (exact) mass is 230 g/mol. The molecular formula is C15H22N2. The van der Waals surface area contributed by atoms with Gasteiger partial charge in [0.15, 0.2) is 0 Å². The topological polar surface area (TPSA) is 29.3 Å². The number of nitrogens with two attached hydrogens (primary N) is 1. The Balaban J connectivity index is 1.62. The molecule has 0 radical (unpaired) electrons.